The summed E-state index contributed by atoms with van der Waals surface area (Å²) in [6.07, 6.45) is 0.981. The fourth-order valence-corrected chi connectivity index (χ4v) is 3.29. The summed E-state index contributed by atoms with van der Waals surface area (Å²) in [4.78, 5) is 0. The van der Waals surface area contributed by atoms with Crippen LogP contribution in [0.3, 0.4) is 0 Å². The van der Waals surface area contributed by atoms with Crippen molar-refractivity contribution in [3.63, 3.8) is 0 Å². The Labute approximate surface area is 149 Å². The largest absolute Gasteiger partial charge is 0.360 e. The molecule has 2 rings (SSSR count). The maximum absolute atomic E-state index is 5.99. The number of hydrogen-bond acceptors (Lipinski definition) is 1. The van der Waals surface area contributed by atoms with Crippen LogP contribution in [0.5, 0.6) is 0 Å². The number of hydrogen-bond donors (Lipinski definition) is 2. The molecule has 1 atom stereocenters. The van der Waals surface area contributed by atoms with Gasteiger partial charge in [0.05, 0.1) is 0 Å². The summed E-state index contributed by atoms with van der Waals surface area (Å²) in [7, 11) is 0. The Hall–Kier alpha value is -1.58. The van der Waals surface area contributed by atoms with Crippen molar-refractivity contribution >= 4 is 34.6 Å². The summed E-state index contributed by atoms with van der Waals surface area (Å²) in [5.41, 5.74) is 2.31. The molecule has 0 saturated heterocycles. The molecule has 4 heteroatoms. The van der Waals surface area contributed by atoms with Crippen molar-refractivity contribution in [3.05, 3.63) is 65.2 Å². The standard InChI is InChI=1S/C19H23ClN2S/c1-14(13-19(2,3)15-8-5-4-6-9-15)21-18(23)22-17-11-7-10-16(20)12-17/h4-12,14H,13H2,1-3H3,(H2,21,22,23)/t14-/m0/s1. The van der Waals surface area contributed by atoms with Crippen molar-refractivity contribution in [2.24, 2.45) is 0 Å². The molecule has 2 aromatic rings. The molecule has 0 aliphatic rings. The molecule has 0 unspecified atom stereocenters. The van der Waals surface area contributed by atoms with Gasteiger partial charge in [-0.2, -0.15) is 0 Å². The fourth-order valence-electron chi connectivity index (χ4n) is 2.78. The molecule has 0 saturated carbocycles. The normalized spacial score (nSPS) is 12.5. The number of nitrogens with one attached hydrogen (secondary N) is 2. The van der Waals surface area contributed by atoms with Crippen LogP contribution in [0.4, 0.5) is 5.69 Å². The van der Waals surface area contributed by atoms with E-state index in [2.05, 4.69) is 55.7 Å². The van der Waals surface area contributed by atoms with Crippen LogP contribution in [0.25, 0.3) is 0 Å². The van der Waals surface area contributed by atoms with Gasteiger partial charge in [-0.3, -0.25) is 0 Å². The quantitative estimate of drug-likeness (QED) is 0.710. The minimum atomic E-state index is 0.0827. The van der Waals surface area contributed by atoms with Crippen LogP contribution in [0.1, 0.15) is 32.8 Å². The Balaban J connectivity index is 1.91. The van der Waals surface area contributed by atoms with Crippen LogP contribution in [-0.4, -0.2) is 11.2 Å². The smallest absolute Gasteiger partial charge is 0.170 e. The van der Waals surface area contributed by atoms with Gasteiger partial charge in [0.1, 0.15) is 0 Å². The molecule has 122 valence electrons. The van der Waals surface area contributed by atoms with E-state index in [1.165, 1.54) is 5.56 Å². The monoisotopic (exact) mass is 346 g/mol. The Morgan fingerprint density at radius 3 is 2.48 bits per heavy atom. The Morgan fingerprint density at radius 1 is 1.13 bits per heavy atom. The summed E-state index contributed by atoms with van der Waals surface area (Å²) in [5, 5.41) is 7.83. The second-order valence-corrected chi connectivity index (χ2v) is 7.31. The average Bonchev–Trinajstić information content (AvgIpc) is 2.47. The van der Waals surface area contributed by atoms with Gasteiger partial charge in [0.15, 0.2) is 5.11 Å². The number of halogens is 1. The van der Waals surface area contributed by atoms with Crippen LogP contribution in [0.15, 0.2) is 54.6 Å². The lowest BCUT2D eigenvalue weighted by Crippen LogP contribution is -2.39. The Bertz CT molecular complexity index is 655. The first-order valence-corrected chi connectivity index (χ1v) is 8.54. The van der Waals surface area contributed by atoms with Crippen LogP contribution >= 0.6 is 23.8 Å². The summed E-state index contributed by atoms with van der Waals surface area (Å²) < 4.78 is 0. The topological polar surface area (TPSA) is 24.1 Å². The third-order valence-corrected chi connectivity index (χ3v) is 4.29. The second kappa shape index (κ2) is 7.80. The zero-order chi connectivity index (χ0) is 16.9. The molecule has 2 nitrogen and oxygen atoms in total. The molecule has 0 aromatic heterocycles. The molecule has 0 bridgehead atoms. The van der Waals surface area contributed by atoms with Crippen molar-refractivity contribution in [1.29, 1.82) is 0 Å². The van der Waals surface area contributed by atoms with Crippen LogP contribution in [0.2, 0.25) is 5.02 Å². The van der Waals surface area contributed by atoms with E-state index in [9.17, 15) is 0 Å². The van der Waals surface area contributed by atoms with Crippen LogP contribution < -0.4 is 10.6 Å². The molecule has 0 radical (unpaired) electrons. The molecular formula is C19H23ClN2S. The van der Waals surface area contributed by atoms with E-state index in [-0.39, 0.29) is 11.5 Å². The fraction of sp³-hybridized carbons (Fsp3) is 0.316. The van der Waals surface area contributed by atoms with Gasteiger partial charge in [0.2, 0.25) is 0 Å². The number of benzene rings is 2. The first kappa shape index (κ1) is 17.8. The molecule has 0 aliphatic heterocycles. The molecule has 0 heterocycles. The summed E-state index contributed by atoms with van der Waals surface area (Å²) in [5.74, 6) is 0. The first-order chi connectivity index (χ1) is 10.9. The highest BCUT2D eigenvalue weighted by Crippen LogP contribution is 2.28. The van der Waals surface area contributed by atoms with Crippen molar-refractivity contribution in [3.8, 4) is 0 Å². The van der Waals surface area contributed by atoms with Gasteiger partial charge in [-0.1, -0.05) is 61.8 Å². The molecule has 0 fully saturated rings. The molecule has 0 spiro atoms. The van der Waals surface area contributed by atoms with Gasteiger partial charge < -0.3 is 10.6 Å². The molecule has 0 amide bonds. The minimum absolute atomic E-state index is 0.0827. The lowest BCUT2D eigenvalue weighted by molar-refractivity contribution is 0.420. The Morgan fingerprint density at radius 2 is 1.83 bits per heavy atom. The zero-order valence-electron chi connectivity index (χ0n) is 13.8. The van der Waals surface area contributed by atoms with Crippen molar-refractivity contribution < 1.29 is 0 Å². The minimum Gasteiger partial charge on any atom is -0.360 e. The van der Waals surface area contributed by atoms with Gasteiger partial charge >= 0.3 is 0 Å². The van der Waals surface area contributed by atoms with Crippen LogP contribution in [0, 0.1) is 0 Å². The maximum Gasteiger partial charge on any atom is 0.170 e. The summed E-state index contributed by atoms with van der Waals surface area (Å²) in [6, 6.07) is 18.4. The van der Waals surface area contributed by atoms with E-state index in [1.54, 1.807) is 0 Å². The van der Waals surface area contributed by atoms with E-state index in [1.807, 2.05) is 30.3 Å². The van der Waals surface area contributed by atoms with Gasteiger partial charge in [0, 0.05) is 16.8 Å². The molecule has 2 N–H and O–H groups in total. The molecule has 0 aliphatic carbocycles. The van der Waals surface area contributed by atoms with E-state index in [0.717, 1.165) is 12.1 Å². The van der Waals surface area contributed by atoms with Crippen LogP contribution in [-0.2, 0) is 5.41 Å². The molecule has 23 heavy (non-hydrogen) atoms. The SMILES string of the molecule is C[C@@H](CC(C)(C)c1ccccc1)NC(=S)Nc1cccc(Cl)c1. The average molecular weight is 347 g/mol. The lowest BCUT2D eigenvalue weighted by atomic mass is 9.79. The predicted octanol–water partition coefficient (Wildman–Crippen LogP) is 5.38. The highest BCUT2D eigenvalue weighted by Gasteiger charge is 2.23. The first-order valence-electron chi connectivity index (χ1n) is 7.75. The maximum atomic E-state index is 5.99. The number of rotatable bonds is 5. The third kappa shape index (κ3) is 5.52. The van der Waals surface area contributed by atoms with Crippen molar-refractivity contribution in [2.45, 2.75) is 38.6 Å². The van der Waals surface area contributed by atoms with E-state index >= 15 is 0 Å². The second-order valence-electron chi connectivity index (χ2n) is 6.46. The van der Waals surface area contributed by atoms with Gasteiger partial charge in [0.25, 0.3) is 0 Å². The number of thiocarbonyl (C=S) groups is 1. The van der Waals surface area contributed by atoms with Gasteiger partial charge in [-0.05, 0) is 54.7 Å². The lowest BCUT2D eigenvalue weighted by Gasteiger charge is -2.29. The van der Waals surface area contributed by atoms with Crippen molar-refractivity contribution in [1.82, 2.24) is 5.32 Å². The summed E-state index contributed by atoms with van der Waals surface area (Å²) >= 11 is 11.4. The highest BCUT2D eigenvalue weighted by atomic mass is 35.5. The predicted molar refractivity (Wildman–Crippen MR) is 104 cm³/mol. The molecule has 2 aromatic carbocycles. The zero-order valence-corrected chi connectivity index (χ0v) is 15.3. The molecular weight excluding hydrogens is 324 g/mol. The Kier molecular flexibility index (Phi) is 6.03. The third-order valence-electron chi connectivity index (χ3n) is 3.83. The van der Waals surface area contributed by atoms with Crippen molar-refractivity contribution in [2.75, 3.05) is 5.32 Å². The van der Waals surface area contributed by atoms with E-state index in [0.29, 0.717) is 10.1 Å². The van der Waals surface area contributed by atoms with E-state index in [4.69, 9.17) is 23.8 Å². The van der Waals surface area contributed by atoms with Gasteiger partial charge in [-0.25, -0.2) is 0 Å². The van der Waals surface area contributed by atoms with E-state index < -0.39 is 0 Å². The summed E-state index contributed by atoms with van der Waals surface area (Å²) in [6.45, 7) is 6.67. The highest BCUT2D eigenvalue weighted by molar-refractivity contribution is 7.80. The number of anilines is 1. The van der Waals surface area contributed by atoms with Gasteiger partial charge in [-0.15, -0.1) is 0 Å².